The minimum absolute atomic E-state index is 0.0160. The Kier molecular flexibility index (Phi) is 4.30. The Labute approximate surface area is 202 Å². The summed E-state index contributed by atoms with van der Waals surface area (Å²) in [5.74, 6) is 1.48. The zero-order valence-corrected chi connectivity index (χ0v) is 18.7. The number of hydrogen-bond donors (Lipinski definition) is 0. The summed E-state index contributed by atoms with van der Waals surface area (Å²) in [6, 6.07) is 37.8. The molecule has 5 aromatic carbocycles. The van der Waals surface area contributed by atoms with Crippen LogP contribution in [0.2, 0.25) is 0 Å². The van der Waals surface area contributed by atoms with Crippen LogP contribution in [0.15, 0.2) is 115 Å². The van der Waals surface area contributed by atoms with E-state index in [0.29, 0.717) is 17.0 Å². The van der Waals surface area contributed by atoms with E-state index in [2.05, 4.69) is 24.3 Å². The molecular formula is C32H19NO2. The van der Waals surface area contributed by atoms with Gasteiger partial charge in [-0.1, -0.05) is 84.9 Å². The highest BCUT2D eigenvalue weighted by molar-refractivity contribution is 6.30. The number of ether oxygens (including phenoxy) is 1. The van der Waals surface area contributed by atoms with Gasteiger partial charge in [-0.3, -0.25) is 4.79 Å². The molecule has 3 heteroatoms. The van der Waals surface area contributed by atoms with Gasteiger partial charge in [0.05, 0.1) is 16.8 Å². The van der Waals surface area contributed by atoms with Gasteiger partial charge in [-0.05, 0) is 46.7 Å². The second-order valence-electron chi connectivity index (χ2n) is 8.71. The fourth-order valence-electron chi connectivity index (χ4n) is 5.10. The Bertz CT molecular complexity index is 1790. The second kappa shape index (κ2) is 7.64. The summed E-state index contributed by atoms with van der Waals surface area (Å²) in [5.41, 5.74) is 5.73. The van der Waals surface area contributed by atoms with E-state index in [4.69, 9.17) is 9.72 Å². The Hall–Kier alpha value is -4.76. The van der Waals surface area contributed by atoms with Crippen molar-refractivity contribution in [2.75, 3.05) is 0 Å². The molecule has 6 aromatic rings. The zero-order chi connectivity index (χ0) is 23.4. The molecule has 0 spiro atoms. The van der Waals surface area contributed by atoms with Crippen LogP contribution >= 0.6 is 0 Å². The van der Waals surface area contributed by atoms with Gasteiger partial charge in [0, 0.05) is 22.1 Å². The van der Waals surface area contributed by atoms with Gasteiger partial charge in [0.2, 0.25) is 0 Å². The largest absolute Gasteiger partial charge is 0.457 e. The Morgan fingerprint density at radius 3 is 2.23 bits per heavy atom. The Morgan fingerprint density at radius 1 is 0.600 bits per heavy atom. The molecule has 0 aliphatic heterocycles. The van der Waals surface area contributed by atoms with Gasteiger partial charge < -0.3 is 4.74 Å². The molecule has 1 aromatic heterocycles. The molecule has 1 aliphatic carbocycles. The van der Waals surface area contributed by atoms with E-state index in [0.717, 1.165) is 49.7 Å². The summed E-state index contributed by atoms with van der Waals surface area (Å²) in [7, 11) is 0. The van der Waals surface area contributed by atoms with Crippen molar-refractivity contribution in [2.45, 2.75) is 0 Å². The minimum Gasteiger partial charge on any atom is -0.457 e. The van der Waals surface area contributed by atoms with Gasteiger partial charge in [0.1, 0.15) is 11.5 Å². The maximum atomic E-state index is 13.8. The van der Waals surface area contributed by atoms with Crippen molar-refractivity contribution >= 4 is 27.5 Å². The van der Waals surface area contributed by atoms with Crippen LogP contribution in [0.1, 0.15) is 15.9 Å². The number of carbonyl (C=O) groups is 1. The summed E-state index contributed by atoms with van der Waals surface area (Å²) >= 11 is 0. The number of para-hydroxylation sites is 1. The number of benzene rings is 5. The molecule has 7 rings (SSSR count). The number of pyridine rings is 1. The number of hydrogen-bond acceptors (Lipinski definition) is 3. The molecule has 0 N–H and O–H groups in total. The van der Waals surface area contributed by atoms with Gasteiger partial charge >= 0.3 is 0 Å². The van der Waals surface area contributed by atoms with Crippen molar-refractivity contribution in [3.63, 3.8) is 0 Å². The van der Waals surface area contributed by atoms with E-state index in [1.54, 1.807) is 0 Å². The molecule has 35 heavy (non-hydrogen) atoms. The number of rotatable bonds is 3. The first-order chi connectivity index (χ1) is 17.3. The van der Waals surface area contributed by atoms with E-state index in [1.165, 1.54) is 0 Å². The lowest BCUT2D eigenvalue weighted by atomic mass is 9.93. The molecule has 1 aliphatic rings. The van der Waals surface area contributed by atoms with Crippen LogP contribution in [-0.4, -0.2) is 10.8 Å². The molecule has 1 heterocycles. The van der Waals surface area contributed by atoms with Crippen LogP contribution in [0, 0.1) is 0 Å². The summed E-state index contributed by atoms with van der Waals surface area (Å²) < 4.78 is 6.08. The highest BCUT2D eigenvalue weighted by Gasteiger charge is 2.33. The van der Waals surface area contributed by atoms with Crippen molar-refractivity contribution in [1.29, 1.82) is 0 Å². The number of ketones is 1. The van der Waals surface area contributed by atoms with E-state index in [1.807, 2.05) is 91.0 Å². The molecule has 0 radical (unpaired) electrons. The number of carbonyl (C=O) groups excluding carboxylic acids is 1. The van der Waals surface area contributed by atoms with Crippen molar-refractivity contribution in [2.24, 2.45) is 0 Å². The lowest BCUT2D eigenvalue weighted by Crippen LogP contribution is -2.01. The van der Waals surface area contributed by atoms with Crippen LogP contribution in [0.4, 0.5) is 0 Å². The third kappa shape index (κ3) is 3.06. The molecule has 0 fully saturated rings. The number of fused-ring (bicyclic) bond motifs is 7. The average molecular weight is 450 g/mol. The molecule has 0 saturated carbocycles. The SMILES string of the molecule is O=C1c2ccccc2-c2c1c(-c1cccc(Oc3ccccc3)c1)nc1ccc3ccccc3c21. The second-order valence-corrected chi connectivity index (χ2v) is 8.71. The van der Waals surface area contributed by atoms with Gasteiger partial charge in [-0.2, -0.15) is 0 Å². The summed E-state index contributed by atoms with van der Waals surface area (Å²) in [4.78, 5) is 18.8. The van der Waals surface area contributed by atoms with Gasteiger partial charge in [-0.25, -0.2) is 4.98 Å². The summed E-state index contributed by atoms with van der Waals surface area (Å²) in [6.07, 6.45) is 0. The first-order valence-electron chi connectivity index (χ1n) is 11.6. The Balaban J connectivity index is 1.52. The molecule has 164 valence electrons. The van der Waals surface area contributed by atoms with Crippen LogP contribution in [0.5, 0.6) is 11.5 Å². The van der Waals surface area contributed by atoms with Crippen molar-refractivity contribution < 1.29 is 9.53 Å². The minimum atomic E-state index is 0.0160. The number of nitrogens with zero attached hydrogens (tertiary/aromatic N) is 1. The predicted octanol–water partition coefficient (Wildman–Crippen LogP) is 8.06. The quantitative estimate of drug-likeness (QED) is 0.256. The molecule has 3 nitrogen and oxygen atoms in total. The molecule has 0 amide bonds. The molecular weight excluding hydrogens is 430 g/mol. The fourth-order valence-corrected chi connectivity index (χ4v) is 5.10. The maximum absolute atomic E-state index is 13.8. The smallest absolute Gasteiger partial charge is 0.196 e. The van der Waals surface area contributed by atoms with Gasteiger partial charge in [0.25, 0.3) is 0 Å². The Morgan fingerprint density at radius 2 is 1.34 bits per heavy atom. The van der Waals surface area contributed by atoms with E-state index >= 15 is 0 Å². The third-order valence-electron chi connectivity index (χ3n) is 6.63. The topological polar surface area (TPSA) is 39.2 Å². The number of aromatic nitrogens is 1. The van der Waals surface area contributed by atoms with Crippen molar-refractivity contribution in [1.82, 2.24) is 4.98 Å². The lowest BCUT2D eigenvalue weighted by Gasteiger charge is -2.14. The highest BCUT2D eigenvalue weighted by Crippen LogP contribution is 2.46. The third-order valence-corrected chi connectivity index (χ3v) is 6.63. The molecule has 0 bridgehead atoms. The van der Waals surface area contributed by atoms with E-state index < -0.39 is 0 Å². The van der Waals surface area contributed by atoms with Crippen molar-refractivity contribution in [3.05, 3.63) is 126 Å². The zero-order valence-electron chi connectivity index (χ0n) is 18.7. The predicted molar refractivity (Wildman–Crippen MR) is 140 cm³/mol. The first kappa shape index (κ1) is 19.7. The highest BCUT2D eigenvalue weighted by atomic mass is 16.5. The van der Waals surface area contributed by atoms with Crippen LogP contribution in [0.3, 0.4) is 0 Å². The average Bonchev–Trinajstić information content (AvgIpc) is 3.21. The molecule has 0 atom stereocenters. The van der Waals surface area contributed by atoms with Gasteiger partial charge in [0.15, 0.2) is 5.78 Å². The fraction of sp³-hybridized carbons (Fsp3) is 0. The summed E-state index contributed by atoms with van der Waals surface area (Å²) in [6.45, 7) is 0. The normalized spacial score (nSPS) is 12.1. The first-order valence-corrected chi connectivity index (χ1v) is 11.6. The monoisotopic (exact) mass is 449 g/mol. The van der Waals surface area contributed by atoms with E-state index in [9.17, 15) is 4.79 Å². The maximum Gasteiger partial charge on any atom is 0.196 e. The lowest BCUT2D eigenvalue weighted by molar-refractivity contribution is 0.104. The molecule has 0 saturated heterocycles. The van der Waals surface area contributed by atoms with Crippen LogP contribution < -0.4 is 4.74 Å². The standard InChI is InChI=1S/C32H19NO2/c34-32-26-16-7-6-15-25(26)29-28-24-14-5-4-9-20(24)17-18-27(28)33-31(30(29)32)21-10-8-13-23(19-21)35-22-11-2-1-3-12-22/h1-19H. The molecule has 0 unspecified atom stereocenters. The van der Waals surface area contributed by atoms with E-state index in [-0.39, 0.29) is 5.78 Å². The van der Waals surface area contributed by atoms with Crippen molar-refractivity contribution in [3.8, 4) is 33.9 Å². The summed E-state index contributed by atoms with van der Waals surface area (Å²) in [5, 5.41) is 3.26. The van der Waals surface area contributed by atoms with Crippen LogP contribution in [0.25, 0.3) is 44.1 Å². The van der Waals surface area contributed by atoms with Crippen LogP contribution in [-0.2, 0) is 0 Å². The van der Waals surface area contributed by atoms with Gasteiger partial charge in [-0.15, -0.1) is 0 Å².